The van der Waals surface area contributed by atoms with Crippen LogP contribution in [0.1, 0.15) is 25.3 Å². The number of benzene rings is 1. The molecule has 0 unspecified atom stereocenters. The molecule has 1 aromatic carbocycles. The third-order valence-electron chi connectivity index (χ3n) is 7.86. The van der Waals surface area contributed by atoms with Gasteiger partial charge in [-0.05, 0) is 73.8 Å². The van der Waals surface area contributed by atoms with Crippen molar-refractivity contribution < 1.29 is 9.53 Å². The number of rotatable bonds is 10. The highest BCUT2D eigenvalue weighted by Crippen LogP contribution is 2.31. The van der Waals surface area contributed by atoms with E-state index in [2.05, 4.69) is 31.1 Å². The molecule has 2 aromatic heterocycles. The minimum atomic E-state index is 0.0291. The molecule has 5 rings (SSSR count). The van der Waals surface area contributed by atoms with Crippen molar-refractivity contribution in [2.24, 2.45) is 11.7 Å². The number of carbonyl (C=O) groups is 1. The number of pyridine rings is 2. The maximum atomic E-state index is 11.3. The van der Waals surface area contributed by atoms with E-state index in [4.69, 9.17) is 38.7 Å². The fraction of sp³-hybridized carbons (Fsp3) is 0.452. The lowest BCUT2D eigenvalue weighted by molar-refractivity contribution is -0.119. The van der Waals surface area contributed by atoms with Gasteiger partial charge in [0.15, 0.2) is 0 Å². The Balaban J connectivity index is 1.30. The van der Waals surface area contributed by atoms with E-state index in [1.54, 1.807) is 19.2 Å². The van der Waals surface area contributed by atoms with E-state index in [9.17, 15) is 4.79 Å². The van der Waals surface area contributed by atoms with Gasteiger partial charge in [-0.1, -0.05) is 23.2 Å². The number of piperazine rings is 1. The molecule has 3 aromatic rings. The number of hydrogen-bond donors (Lipinski definition) is 2. The van der Waals surface area contributed by atoms with Crippen molar-refractivity contribution in [1.29, 1.82) is 0 Å². The molecule has 4 heterocycles. The summed E-state index contributed by atoms with van der Waals surface area (Å²) in [5, 5.41) is 4.06. The summed E-state index contributed by atoms with van der Waals surface area (Å²) in [6, 6.07) is 13.4. The number of aromatic nitrogens is 2. The molecule has 2 aliphatic rings. The number of amides is 1. The number of nitrogens with zero attached hydrogens (tertiary/aromatic N) is 5. The summed E-state index contributed by atoms with van der Waals surface area (Å²) in [7, 11) is 0. The first kappa shape index (κ1) is 30.5. The van der Waals surface area contributed by atoms with Gasteiger partial charge in [-0.2, -0.15) is 0 Å². The average molecular weight is 613 g/mol. The quantitative estimate of drug-likeness (QED) is 0.341. The van der Waals surface area contributed by atoms with Crippen LogP contribution in [-0.4, -0.2) is 84.6 Å². The molecule has 42 heavy (non-hydrogen) atoms. The van der Waals surface area contributed by atoms with Gasteiger partial charge in [-0.15, -0.1) is 0 Å². The number of likely N-dealkylation sites (tertiary alicyclic amines) is 1. The minimum Gasteiger partial charge on any atom is -0.437 e. The fourth-order valence-electron chi connectivity index (χ4n) is 5.57. The Hall–Kier alpha value is -2.95. The Labute approximate surface area is 257 Å². The van der Waals surface area contributed by atoms with Crippen molar-refractivity contribution in [2.75, 3.05) is 63.8 Å². The number of piperidine rings is 1. The summed E-state index contributed by atoms with van der Waals surface area (Å²) in [5.41, 5.74) is 8.37. The van der Waals surface area contributed by atoms with Crippen LogP contribution in [0.3, 0.4) is 0 Å². The third-order valence-corrected chi connectivity index (χ3v) is 8.29. The van der Waals surface area contributed by atoms with E-state index in [1.807, 2.05) is 30.3 Å². The third kappa shape index (κ3) is 8.55. The Morgan fingerprint density at radius 1 is 1.00 bits per heavy atom. The highest BCUT2D eigenvalue weighted by molar-refractivity contribution is 6.35. The van der Waals surface area contributed by atoms with Crippen LogP contribution in [0.5, 0.6) is 11.6 Å². The van der Waals surface area contributed by atoms with Crippen molar-refractivity contribution in [2.45, 2.75) is 26.3 Å². The number of ether oxygens (including phenoxy) is 1. The van der Waals surface area contributed by atoms with Crippen LogP contribution in [0.4, 0.5) is 5.82 Å². The van der Waals surface area contributed by atoms with Gasteiger partial charge < -0.3 is 20.7 Å². The number of carbonyl (C=O) groups excluding carboxylic acids is 1. The molecule has 11 heteroatoms. The molecular weight excluding hydrogens is 573 g/mol. The van der Waals surface area contributed by atoms with E-state index in [1.165, 1.54) is 0 Å². The highest BCUT2D eigenvalue weighted by atomic mass is 35.5. The Kier molecular flexibility index (Phi) is 10.5. The zero-order chi connectivity index (χ0) is 29.5. The number of hydrogen-bond acceptors (Lipinski definition) is 8. The Bertz CT molecular complexity index is 1320. The molecule has 0 radical (unpaired) electrons. The fourth-order valence-corrected chi connectivity index (χ4v) is 6.10. The second-order valence-electron chi connectivity index (χ2n) is 11.1. The van der Waals surface area contributed by atoms with E-state index >= 15 is 0 Å². The van der Waals surface area contributed by atoms with Gasteiger partial charge >= 0.3 is 0 Å². The highest BCUT2D eigenvalue weighted by Gasteiger charge is 2.21. The van der Waals surface area contributed by atoms with Gasteiger partial charge in [0.05, 0.1) is 11.9 Å². The van der Waals surface area contributed by atoms with Gasteiger partial charge in [0, 0.05) is 81.0 Å². The molecule has 0 spiro atoms. The van der Waals surface area contributed by atoms with Crippen LogP contribution in [0, 0.1) is 5.92 Å². The van der Waals surface area contributed by atoms with Gasteiger partial charge in [-0.25, -0.2) is 9.97 Å². The largest absolute Gasteiger partial charge is 0.437 e. The summed E-state index contributed by atoms with van der Waals surface area (Å²) >= 11 is 12.7. The van der Waals surface area contributed by atoms with Crippen LogP contribution < -0.4 is 20.7 Å². The molecule has 0 atom stereocenters. The van der Waals surface area contributed by atoms with Gasteiger partial charge in [0.25, 0.3) is 0 Å². The number of nitrogens with two attached hydrogens (primary N) is 1. The summed E-state index contributed by atoms with van der Waals surface area (Å²) in [4.78, 5) is 27.9. The molecule has 9 nitrogen and oxygen atoms in total. The summed E-state index contributed by atoms with van der Waals surface area (Å²) in [5.74, 6) is 2.59. The molecule has 2 saturated heterocycles. The smallest absolute Gasteiger partial charge is 0.220 e. The zero-order valence-corrected chi connectivity index (χ0v) is 25.6. The molecule has 2 aliphatic heterocycles. The Morgan fingerprint density at radius 2 is 1.74 bits per heavy atom. The summed E-state index contributed by atoms with van der Waals surface area (Å²) < 4.78 is 6.25. The predicted molar refractivity (Wildman–Crippen MR) is 168 cm³/mol. The molecule has 3 N–H and O–H groups in total. The number of anilines is 1. The van der Waals surface area contributed by atoms with Crippen molar-refractivity contribution in [3.05, 3.63) is 64.3 Å². The predicted octanol–water partition coefficient (Wildman–Crippen LogP) is 4.67. The van der Waals surface area contributed by atoms with Crippen molar-refractivity contribution in [3.63, 3.8) is 0 Å². The lowest BCUT2D eigenvalue weighted by atomic mass is 9.96. The van der Waals surface area contributed by atoms with Crippen LogP contribution in [-0.2, 0) is 11.3 Å². The average Bonchev–Trinajstić information content (AvgIpc) is 2.97. The standard InChI is InChI=1S/C31H39Cl2N7O2/c1-22(41)35-19-23-4-7-39(8-5-23)21-24-14-29(25-16-26(32)18-27(33)17-25)37-31(15-24)42-28-2-3-30(36-20-28)40-12-10-38(9-6-34)11-13-40/h2-3,14-18,20,23H,4-13,19,21,34H2,1H3,(H,35,41). The van der Waals surface area contributed by atoms with Crippen LogP contribution in [0.15, 0.2) is 48.7 Å². The number of nitrogens with one attached hydrogen (secondary N) is 1. The van der Waals surface area contributed by atoms with Gasteiger partial charge in [-0.3, -0.25) is 14.6 Å². The van der Waals surface area contributed by atoms with Crippen LogP contribution in [0.2, 0.25) is 10.0 Å². The molecule has 0 bridgehead atoms. The second kappa shape index (κ2) is 14.5. The van der Waals surface area contributed by atoms with Gasteiger partial charge in [0.2, 0.25) is 11.8 Å². The minimum absolute atomic E-state index is 0.0291. The second-order valence-corrected chi connectivity index (χ2v) is 12.0. The van der Waals surface area contributed by atoms with E-state index in [-0.39, 0.29) is 5.91 Å². The van der Waals surface area contributed by atoms with Crippen molar-refractivity contribution in [1.82, 2.24) is 25.1 Å². The lowest BCUT2D eigenvalue weighted by Gasteiger charge is -2.35. The van der Waals surface area contributed by atoms with Crippen LogP contribution >= 0.6 is 23.2 Å². The molecule has 1 amide bonds. The number of halogens is 2. The summed E-state index contributed by atoms with van der Waals surface area (Å²) in [6.45, 7) is 10.4. The van der Waals surface area contributed by atoms with E-state index in [0.29, 0.717) is 34.1 Å². The van der Waals surface area contributed by atoms with Crippen molar-refractivity contribution in [3.8, 4) is 22.9 Å². The molecule has 224 valence electrons. The maximum Gasteiger partial charge on any atom is 0.220 e. The molecule has 0 aliphatic carbocycles. The van der Waals surface area contributed by atoms with Crippen molar-refractivity contribution >= 4 is 34.9 Å². The first-order chi connectivity index (χ1) is 20.3. The Morgan fingerprint density at radius 3 is 2.38 bits per heavy atom. The van der Waals surface area contributed by atoms with E-state index in [0.717, 1.165) is 94.4 Å². The topological polar surface area (TPSA) is 99.9 Å². The molecular formula is C31H39Cl2N7O2. The molecule has 2 fully saturated rings. The summed E-state index contributed by atoms with van der Waals surface area (Å²) in [6.07, 6.45) is 3.85. The normalized spacial score (nSPS) is 16.9. The maximum absolute atomic E-state index is 11.3. The van der Waals surface area contributed by atoms with Crippen LogP contribution in [0.25, 0.3) is 11.3 Å². The van der Waals surface area contributed by atoms with Gasteiger partial charge in [0.1, 0.15) is 11.6 Å². The SMILES string of the molecule is CC(=O)NCC1CCN(Cc2cc(Oc3ccc(N4CCN(CCN)CC4)nc3)nc(-c3cc(Cl)cc(Cl)c3)c2)CC1. The molecule has 0 saturated carbocycles. The first-order valence-corrected chi connectivity index (χ1v) is 15.4. The van der Waals surface area contributed by atoms with E-state index < -0.39 is 0 Å². The first-order valence-electron chi connectivity index (χ1n) is 14.6. The monoisotopic (exact) mass is 611 g/mol. The zero-order valence-electron chi connectivity index (χ0n) is 24.1. The lowest BCUT2D eigenvalue weighted by Crippen LogP contribution is -2.48.